The Morgan fingerprint density at radius 1 is 1.28 bits per heavy atom. The van der Waals surface area contributed by atoms with Gasteiger partial charge in [-0.3, -0.25) is 0 Å². The number of epoxide rings is 1. The van der Waals surface area contributed by atoms with E-state index in [4.69, 9.17) is 9.47 Å². The van der Waals surface area contributed by atoms with Crippen LogP contribution in [0.3, 0.4) is 0 Å². The van der Waals surface area contributed by atoms with Crippen LogP contribution in [0.1, 0.15) is 54.3 Å². The highest BCUT2D eigenvalue weighted by Crippen LogP contribution is 2.51. The van der Waals surface area contributed by atoms with Crippen molar-refractivity contribution in [3.05, 3.63) is 46.8 Å². The van der Waals surface area contributed by atoms with E-state index in [2.05, 4.69) is 15.6 Å². The molecule has 1 spiro atoms. The van der Waals surface area contributed by atoms with E-state index in [1.807, 2.05) is 0 Å². The molecule has 1 aliphatic heterocycles. The second kappa shape index (κ2) is 6.45. The van der Waals surface area contributed by atoms with Gasteiger partial charge >= 0.3 is 12.3 Å². The van der Waals surface area contributed by atoms with E-state index in [1.54, 1.807) is 4.68 Å². The summed E-state index contributed by atoms with van der Waals surface area (Å²) in [6.07, 6.45) is -2.17. The molecule has 1 amide bonds. The Bertz CT molecular complexity index is 933. The lowest BCUT2D eigenvalue weighted by Crippen LogP contribution is -2.31. The molecule has 154 valence electrons. The van der Waals surface area contributed by atoms with E-state index in [1.165, 1.54) is 12.1 Å². The zero-order valence-corrected chi connectivity index (χ0v) is 15.4. The minimum atomic E-state index is -4.37. The number of hydrogen-bond donors (Lipinski definition) is 1. The van der Waals surface area contributed by atoms with Gasteiger partial charge in [0, 0.05) is 6.04 Å². The Labute approximate surface area is 164 Å². The molecule has 5 rings (SSSR count). The average molecular weight is 408 g/mol. The highest BCUT2D eigenvalue weighted by molar-refractivity contribution is 5.68. The standard InChI is InChI=1S/C19H19F3N4O3/c20-19(21,22)12-3-1-11(2-4-12)9-26-16-15(24-25-26)14(7-8-18(16)10-28-18)29-17(27)23-13-5-6-13/h1-4,13-14H,5-10H2,(H,23,27)/t14-,18+/m1/s1. The van der Waals surface area contributed by atoms with Gasteiger partial charge in [-0.05, 0) is 43.4 Å². The fourth-order valence-electron chi connectivity index (χ4n) is 3.75. The summed E-state index contributed by atoms with van der Waals surface area (Å²) in [6, 6.07) is 5.15. The minimum absolute atomic E-state index is 0.194. The third kappa shape index (κ3) is 3.57. The van der Waals surface area contributed by atoms with Crippen LogP contribution in [0, 0.1) is 0 Å². The maximum Gasteiger partial charge on any atom is 0.416 e. The summed E-state index contributed by atoms with van der Waals surface area (Å²) in [5, 5.41) is 11.2. The molecule has 0 unspecified atom stereocenters. The largest absolute Gasteiger partial charge is 0.440 e. The molecule has 29 heavy (non-hydrogen) atoms. The normalized spacial score (nSPS) is 25.6. The second-order valence-corrected chi connectivity index (χ2v) is 7.81. The molecule has 1 saturated heterocycles. The third-order valence-corrected chi connectivity index (χ3v) is 5.56. The summed E-state index contributed by atoms with van der Waals surface area (Å²) in [5.41, 5.74) is 0.784. The van der Waals surface area contributed by atoms with E-state index >= 15 is 0 Å². The molecule has 2 fully saturated rings. The molecule has 2 aromatic rings. The van der Waals surface area contributed by atoms with Crippen molar-refractivity contribution in [1.82, 2.24) is 20.3 Å². The molecule has 2 heterocycles. The van der Waals surface area contributed by atoms with Crippen LogP contribution >= 0.6 is 0 Å². The molecule has 7 nitrogen and oxygen atoms in total. The van der Waals surface area contributed by atoms with Gasteiger partial charge in [-0.15, -0.1) is 5.10 Å². The van der Waals surface area contributed by atoms with Crippen molar-refractivity contribution >= 4 is 6.09 Å². The fraction of sp³-hybridized carbons (Fsp3) is 0.526. The molecule has 1 aromatic heterocycles. The smallest absolute Gasteiger partial charge is 0.416 e. The number of amides is 1. The molecule has 1 saturated carbocycles. The number of benzene rings is 1. The van der Waals surface area contributed by atoms with Gasteiger partial charge in [-0.25, -0.2) is 9.48 Å². The van der Waals surface area contributed by atoms with E-state index in [9.17, 15) is 18.0 Å². The van der Waals surface area contributed by atoms with Gasteiger partial charge in [-0.2, -0.15) is 13.2 Å². The minimum Gasteiger partial charge on any atom is -0.440 e. The Morgan fingerprint density at radius 3 is 2.62 bits per heavy atom. The number of nitrogens with zero attached hydrogens (tertiary/aromatic N) is 3. The molecule has 10 heteroatoms. The predicted octanol–water partition coefficient (Wildman–Crippen LogP) is 3.29. The topological polar surface area (TPSA) is 81.6 Å². The molecular formula is C19H19F3N4O3. The second-order valence-electron chi connectivity index (χ2n) is 7.81. The first-order valence-electron chi connectivity index (χ1n) is 9.55. The number of hydrogen-bond acceptors (Lipinski definition) is 5. The predicted molar refractivity (Wildman–Crippen MR) is 92.8 cm³/mol. The van der Waals surface area contributed by atoms with Crippen LogP contribution in [-0.4, -0.2) is 33.7 Å². The lowest BCUT2D eigenvalue weighted by atomic mass is 9.88. The Morgan fingerprint density at radius 2 is 2.00 bits per heavy atom. The Balaban J connectivity index is 1.37. The first-order valence-corrected chi connectivity index (χ1v) is 9.55. The van der Waals surface area contributed by atoms with Gasteiger partial charge < -0.3 is 14.8 Å². The van der Waals surface area contributed by atoms with Gasteiger partial charge in [0.1, 0.15) is 23.1 Å². The summed E-state index contributed by atoms with van der Waals surface area (Å²) in [6.45, 7) is 0.786. The van der Waals surface area contributed by atoms with E-state index in [0.717, 1.165) is 30.7 Å². The zero-order valence-electron chi connectivity index (χ0n) is 15.4. The highest BCUT2D eigenvalue weighted by atomic mass is 19.4. The van der Waals surface area contributed by atoms with E-state index in [-0.39, 0.29) is 12.6 Å². The van der Waals surface area contributed by atoms with E-state index < -0.39 is 29.5 Å². The molecule has 3 aliphatic rings. The number of carbonyl (C=O) groups is 1. The SMILES string of the molecule is O=C(NC1CC1)O[C@@H]1CC[C@]2(CO2)c2c1nnn2Cc1ccc(C(F)(F)F)cc1. The molecule has 2 aliphatic carbocycles. The summed E-state index contributed by atoms with van der Waals surface area (Å²) in [4.78, 5) is 12.0. The van der Waals surface area contributed by atoms with Gasteiger partial charge in [0.25, 0.3) is 0 Å². The van der Waals surface area contributed by atoms with Crippen molar-refractivity contribution in [2.45, 2.75) is 56.2 Å². The van der Waals surface area contributed by atoms with Crippen molar-refractivity contribution < 1.29 is 27.4 Å². The number of aromatic nitrogens is 3. The quantitative estimate of drug-likeness (QED) is 0.786. The number of nitrogens with one attached hydrogen (secondary N) is 1. The maximum atomic E-state index is 12.8. The first-order chi connectivity index (χ1) is 13.8. The number of alkyl carbamates (subject to hydrolysis) is 1. The van der Waals surface area contributed by atoms with Crippen molar-refractivity contribution in [1.29, 1.82) is 0 Å². The van der Waals surface area contributed by atoms with Crippen molar-refractivity contribution in [2.24, 2.45) is 0 Å². The summed E-state index contributed by atoms with van der Waals surface area (Å²) < 4.78 is 51.2. The number of halogens is 3. The van der Waals surface area contributed by atoms with Crippen molar-refractivity contribution in [3.63, 3.8) is 0 Å². The number of alkyl halides is 3. The molecule has 0 bridgehead atoms. The van der Waals surface area contributed by atoms with Crippen LogP contribution in [0.4, 0.5) is 18.0 Å². The van der Waals surface area contributed by atoms with Gasteiger partial charge in [0.15, 0.2) is 0 Å². The number of ether oxygens (including phenoxy) is 2. The summed E-state index contributed by atoms with van der Waals surface area (Å²) in [7, 11) is 0. The van der Waals surface area contributed by atoms with Crippen LogP contribution in [0.15, 0.2) is 24.3 Å². The maximum absolute atomic E-state index is 12.8. The molecule has 1 N–H and O–H groups in total. The number of fused-ring (bicyclic) bond motifs is 2. The Kier molecular flexibility index (Phi) is 4.09. The highest BCUT2D eigenvalue weighted by Gasteiger charge is 2.55. The van der Waals surface area contributed by atoms with Crippen molar-refractivity contribution in [3.8, 4) is 0 Å². The molecular weight excluding hydrogens is 389 g/mol. The zero-order chi connectivity index (χ0) is 20.2. The monoisotopic (exact) mass is 408 g/mol. The van der Waals surface area contributed by atoms with Gasteiger partial charge in [0.2, 0.25) is 0 Å². The van der Waals surface area contributed by atoms with Crippen LogP contribution in [-0.2, 0) is 27.8 Å². The van der Waals surface area contributed by atoms with Crippen LogP contribution < -0.4 is 5.32 Å². The summed E-state index contributed by atoms with van der Waals surface area (Å²) in [5.74, 6) is 0. The van der Waals surface area contributed by atoms with Gasteiger partial charge in [0.05, 0.1) is 18.7 Å². The Hall–Kier alpha value is -2.62. The van der Waals surface area contributed by atoms with Crippen LogP contribution in [0.5, 0.6) is 0 Å². The molecule has 1 aromatic carbocycles. The lowest BCUT2D eigenvalue weighted by molar-refractivity contribution is -0.137. The molecule has 0 radical (unpaired) electrons. The average Bonchev–Trinajstić information content (AvgIpc) is 3.59. The van der Waals surface area contributed by atoms with E-state index in [0.29, 0.717) is 30.7 Å². The molecule has 2 atom stereocenters. The first kappa shape index (κ1) is 18.4. The van der Waals surface area contributed by atoms with Gasteiger partial charge in [-0.1, -0.05) is 17.3 Å². The lowest BCUT2D eigenvalue weighted by Gasteiger charge is -2.26. The fourth-order valence-corrected chi connectivity index (χ4v) is 3.75. The number of rotatable bonds is 4. The van der Waals surface area contributed by atoms with Crippen LogP contribution in [0.25, 0.3) is 0 Å². The number of carbonyl (C=O) groups excluding carboxylic acids is 1. The van der Waals surface area contributed by atoms with Crippen molar-refractivity contribution in [2.75, 3.05) is 6.61 Å². The van der Waals surface area contributed by atoms with Crippen LogP contribution in [0.2, 0.25) is 0 Å². The summed E-state index contributed by atoms with van der Waals surface area (Å²) >= 11 is 0. The third-order valence-electron chi connectivity index (χ3n) is 5.56.